The van der Waals surface area contributed by atoms with Crippen LogP contribution in [-0.4, -0.2) is 25.4 Å². The molecular formula is C13H20BrNO2. The molecule has 0 unspecified atom stereocenters. The highest BCUT2D eigenvalue weighted by Gasteiger charge is 1.98. The molecule has 0 aliphatic heterocycles. The van der Waals surface area contributed by atoms with E-state index in [1.807, 2.05) is 18.2 Å². The van der Waals surface area contributed by atoms with Gasteiger partial charge < -0.3 is 15.2 Å². The lowest BCUT2D eigenvalue weighted by Gasteiger charge is -2.09. The summed E-state index contributed by atoms with van der Waals surface area (Å²) in [5.41, 5.74) is 1.07. The Labute approximate surface area is 111 Å². The van der Waals surface area contributed by atoms with Crippen molar-refractivity contribution in [3.8, 4) is 5.75 Å². The number of rotatable bonds is 8. The molecule has 0 heterocycles. The molecule has 3 nitrogen and oxygen atoms in total. The number of unbranched alkanes of at least 4 members (excludes halogenated alkanes) is 3. The Hall–Kier alpha value is -0.740. The largest absolute Gasteiger partial charge is 0.497 e. The van der Waals surface area contributed by atoms with Gasteiger partial charge in [0.25, 0.3) is 0 Å². The van der Waals surface area contributed by atoms with Crippen LogP contribution in [-0.2, 0) is 0 Å². The van der Waals surface area contributed by atoms with Gasteiger partial charge in [-0.3, -0.25) is 0 Å². The van der Waals surface area contributed by atoms with Gasteiger partial charge in [0.15, 0.2) is 0 Å². The van der Waals surface area contributed by atoms with Crippen LogP contribution in [0.25, 0.3) is 0 Å². The Morgan fingerprint density at radius 1 is 1.18 bits per heavy atom. The third kappa shape index (κ3) is 5.94. The molecule has 0 atom stereocenters. The maximum Gasteiger partial charge on any atom is 0.122 e. The first-order valence-corrected chi connectivity index (χ1v) is 6.75. The molecular weight excluding hydrogens is 282 g/mol. The molecule has 4 heteroatoms. The van der Waals surface area contributed by atoms with Crippen LogP contribution in [0.5, 0.6) is 5.75 Å². The number of aliphatic hydroxyl groups is 1. The van der Waals surface area contributed by atoms with Gasteiger partial charge in [-0.2, -0.15) is 0 Å². The predicted molar refractivity (Wildman–Crippen MR) is 74.7 cm³/mol. The topological polar surface area (TPSA) is 41.5 Å². The number of benzene rings is 1. The second kappa shape index (κ2) is 8.37. The summed E-state index contributed by atoms with van der Waals surface area (Å²) in [7, 11) is 1.67. The summed E-state index contributed by atoms with van der Waals surface area (Å²) in [4.78, 5) is 0. The van der Waals surface area contributed by atoms with Gasteiger partial charge in [0, 0.05) is 29.4 Å². The van der Waals surface area contributed by atoms with Crippen molar-refractivity contribution in [2.45, 2.75) is 25.7 Å². The second-order valence-corrected chi connectivity index (χ2v) is 4.86. The highest BCUT2D eigenvalue weighted by molar-refractivity contribution is 9.10. The number of halogens is 1. The molecule has 96 valence electrons. The summed E-state index contributed by atoms with van der Waals surface area (Å²) in [5, 5.41) is 12.0. The number of hydrogen-bond acceptors (Lipinski definition) is 3. The van der Waals surface area contributed by atoms with E-state index in [0.717, 1.165) is 48.1 Å². The molecule has 0 saturated heterocycles. The van der Waals surface area contributed by atoms with Crippen molar-refractivity contribution >= 4 is 21.6 Å². The SMILES string of the molecule is COc1cc(Br)cc(NCCCCCCO)c1. The molecule has 2 N–H and O–H groups in total. The minimum atomic E-state index is 0.302. The van der Waals surface area contributed by atoms with Gasteiger partial charge in [0.2, 0.25) is 0 Å². The van der Waals surface area contributed by atoms with Crippen molar-refractivity contribution in [1.29, 1.82) is 0 Å². The molecule has 17 heavy (non-hydrogen) atoms. The van der Waals surface area contributed by atoms with Crippen LogP contribution in [0.3, 0.4) is 0 Å². The molecule has 1 aromatic carbocycles. The molecule has 1 rings (SSSR count). The van der Waals surface area contributed by atoms with Gasteiger partial charge in [0.05, 0.1) is 7.11 Å². The average Bonchev–Trinajstić information content (AvgIpc) is 2.33. The minimum Gasteiger partial charge on any atom is -0.497 e. The second-order valence-electron chi connectivity index (χ2n) is 3.94. The van der Waals surface area contributed by atoms with E-state index >= 15 is 0 Å². The van der Waals surface area contributed by atoms with E-state index in [0.29, 0.717) is 6.61 Å². The van der Waals surface area contributed by atoms with Crippen LogP contribution in [0, 0.1) is 0 Å². The monoisotopic (exact) mass is 301 g/mol. The zero-order valence-electron chi connectivity index (χ0n) is 10.2. The first-order valence-electron chi connectivity index (χ1n) is 5.95. The van der Waals surface area contributed by atoms with Crippen LogP contribution < -0.4 is 10.1 Å². The van der Waals surface area contributed by atoms with Crippen molar-refractivity contribution in [1.82, 2.24) is 0 Å². The molecule has 0 spiro atoms. The smallest absolute Gasteiger partial charge is 0.122 e. The molecule has 0 aromatic heterocycles. The average molecular weight is 302 g/mol. The number of nitrogens with one attached hydrogen (secondary N) is 1. The van der Waals surface area contributed by atoms with E-state index in [-0.39, 0.29) is 0 Å². The van der Waals surface area contributed by atoms with Gasteiger partial charge in [-0.25, -0.2) is 0 Å². The van der Waals surface area contributed by atoms with Gasteiger partial charge >= 0.3 is 0 Å². The van der Waals surface area contributed by atoms with E-state index < -0.39 is 0 Å². The van der Waals surface area contributed by atoms with E-state index in [1.165, 1.54) is 0 Å². The lowest BCUT2D eigenvalue weighted by Crippen LogP contribution is -2.01. The number of methoxy groups -OCH3 is 1. The number of aliphatic hydroxyl groups excluding tert-OH is 1. The van der Waals surface area contributed by atoms with Gasteiger partial charge in [-0.1, -0.05) is 28.8 Å². The third-order valence-corrected chi connectivity index (χ3v) is 2.98. The lowest BCUT2D eigenvalue weighted by atomic mass is 10.2. The fraction of sp³-hybridized carbons (Fsp3) is 0.538. The van der Waals surface area contributed by atoms with E-state index in [1.54, 1.807) is 7.11 Å². The van der Waals surface area contributed by atoms with Crippen molar-refractivity contribution in [2.24, 2.45) is 0 Å². The molecule has 0 fully saturated rings. The van der Waals surface area contributed by atoms with Crippen molar-refractivity contribution < 1.29 is 9.84 Å². The zero-order chi connectivity index (χ0) is 12.5. The molecule has 0 aliphatic rings. The third-order valence-electron chi connectivity index (χ3n) is 2.52. The normalized spacial score (nSPS) is 10.3. The number of anilines is 1. The van der Waals surface area contributed by atoms with Crippen LogP contribution in [0.4, 0.5) is 5.69 Å². The summed E-state index contributed by atoms with van der Waals surface area (Å²) < 4.78 is 6.21. The van der Waals surface area contributed by atoms with Gasteiger partial charge in [-0.15, -0.1) is 0 Å². The molecule has 0 saturated carbocycles. The van der Waals surface area contributed by atoms with Crippen LogP contribution >= 0.6 is 15.9 Å². The van der Waals surface area contributed by atoms with E-state index in [9.17, 15) is 0 Å². The fourth-order valence-electron chi connectivity index (χ4n) is 1.61. The van der Waals surface area contributed by atoms with E-state index in [2.05, 4.69) is 21.2 Å². The molecule has 0 radical (unpaired) electrons. The fourth-order valence-corrected chi connectivity index (χ4v) is 2.08. The maximum absolute atomic E-state index is 8.65. The van der Waals surface area contributed by atoms with Crippen molar-refractivity contribution in [3.05, 3.63) is 22.7 Å². The number of ether oxygens (including phenoxy) is 1. The summed E-state index contributed by atoms with van der Waals surface area (Å²) in [6.07, 6.45) is 4.28. The van der Waals surface area contributed by atoms with Crippen LogP contribution in [0.15, 0.2) is 22.7 Å². The number of hydrogen-bond donors (Lipinski definition) is 2. The Morgan fingerprint density at radius 2 is 1.94 bits per heavy atom. The minimum absolute atomic E-state index is 0.302. The highest BCUT2D eigenvalue weighted by atomic mass is 79.9. The van der Waals surface area contributed by atoms with Crippen molar-refractivity contribution in [3.63, 3.8) is 0 Å². The Morgan fingerprint density at radius 3 is 2.65 bits per heavy atom. The Balaban J connectivity index is 2.28. The molecule has 1 aromatic rings. The standard InChI is InChI=1S/C13H20BrNO2/c1-17-13-9-11(14)8-12(10-13)15-6-4-2-3-5-7-16/h8-10,15-16H,2-7H2,1H3. The molecule has 0 aliphatic carbocycles. The van der Waals surface area contributed by atoms with Gasteiger partial charge in [-0.05, 0) is 25.0 Å². The summed E-state index contributed by atoms with van der Waals surface area (Å²) in [6.45, 7) is 1.25. The summed E-state index contributed by atoms with van der Waals surface area (Å²) in [5.74, 6) is 0.849. The Kier molecular flexibility index (Phi) is 7.05. The first kappa shape index (κ1) is 14.3. The predicted octanol–water partition coefficient (Wildman–Crippen LogP) is 3.42. The Bertz CT molecular complexity index is 331. The van der Waals surface area contributed by atoms with Gasteiger partial charge in [0.1, 0.15) is 5.75 Å². The maximum atomic E-state index is 8.65. The molecule has 0 amide bonds. The first-order chi connectivity index (χ1) is 8.26. The van der Waals surface area contributed by atoms with E-state index in [4.69, 9.17) is 9.84 Å². The summed E-state index contributed by atoms with van der Waals surface area (Å²) in [6, 6.07) is 5.96. The molecule has 0 bridgehead atoms. The van der Waals surface area contributed by atoms with Crippen LogP contribution in [0.2, 0.25) is 0 Å². The highest BCUT2D eigenvalue weighted by Crippen LogP contribution is 2.24. The van der Waals surface area contributed by atoms with Crippen molar-refractivity contribution in [2.75, 3.05) is 25.6 Å². The summed E-state index contributed by atoms with van der Waals surface area (Å²) >= 11 is 3.45. The zero-order valence-corrected chi connectivity index (χ0v) is 11.8. The lowest BCUT2D eigenvalue weighted by molar-refractivity contribution is 0.283. The quantitative estimate of drug-likeness (QED) is 0.723. The van der Waals surface area contributed by atoms with Crippen LogP contribution in [0.1, 0.15) is 25.7 Å².